The maximum absolute atomic E-state index is 12.5. The van der Waals surface area contributed by atoms with E-state index in [9.17, 15) is 9.59 Å². The molecule has 116 valence electrons. The van der Waals surface area contributed by atoms with Crippen LogP contribution in [-0.4, -0.2) is 36.6 Å². The molecule has 0 spiro atoms. The summed E-state index contributed by atoms with van der Waals surface area (Å²) in [7, 11) is 0. The first-order valence-electron chi connectivity index (χ1n) is 7.71. The van der Waals surface area contributed by atoms with Gasteiger partial charge >= 0.3 is 5.97 Å². The summed E-state index contributed by atoms with van der Waals surface area (Å²) in [4.78, 5) is 23.0. The van der Waals surface area contributed by atoms with E-state index in [1.165, 1.54) is 0 Å². The quantitative estimate of drug-likeness (QED) is 0.635. The minimum atomic E-state index is -0.774. The molecule has 1 rings (SSSR count). The van der Waals surface area contributed by atoms with Crippen molar-refractivity contribution < 1.29 is 14.7 Å². The van der Waals surface area contributed by atoms with Gasteiger partial charge in [0.2, 0.25) is 5.91 Å². The molecule has 0 aromatic rings. The maximum atomic E-state index is 12.5. The Labute approximate surface area is 121 Å². The third-order valence-electron chi connectivity index (χ3n) is 4.23. The van der Waals surface area contributed by atoms with Crippen LogP contribution in [0.15, 0.2) is 0 Å². The minimum Gasteiger partial charge on any atom is -0.481 e. The molecule has 0 radical (unpaired) electrons. The fourth-order valence-corrected chi connectivity index (χ4v) is 2.90. The largest absolute Gasteiger partial charge is 0.481 e. The van der Waals surface area contributed by atoms with E-state index in [1.54, 1.807) is 0 Å². The number of hydrogen-bond acceptors (Lipinski definition) is 3. The molecular formula is C15H28N2O3. The molecule has 0 aromatic carbocycles. The van der Waals surface area contributed by atoms with Crippen molar-refractivity contribution in [1.29, 1.82) is 0 Å². The van der Waals surface area contributed by atoms with E-state index in [2.05, 4.69) is 17.6 Å². The zero-order chi connectivity index (χ0) is 15.0. The fourth-order valence-electron chi connectivity index (χ4n) is 2.90. The van der Waals surface area contributed by atoms with Crippen LogP contribution in [0.2, 0.25) is 0 Å². The van der Waals surface area contributed by atoms with Crippen LogP contribution in [0, 0.1) is 11.3 Å². The average Bonchev–Trinajstić information content (AvgIpc) is 2.43. The number of piperidine rings is 1. The van der Waals surface area contributed by atoms with Crippen molar-refractivity contribution in [1.82, 2.24) is 10.6 Å². The molecule has 0 aliphatic carbocycles. The highest BCUT2D eigenvalue weighted by atomic mass is 16.4. The number of rotatable bonds is 8. The zero-order valence-electron chi connectivity index (χ0n) is 12.7. The van der Waals surface area contributed by atoms with Gasteiger partial charge in [0.15, 0.2) is 0 Å². The van der Waals surface area contributed by atoms with Crippen LogP contribution < -0.4 is 10.6 Å². The second kappa shape index (κ2) is 8.25. The molecule has 5 nitrogen and oxygen atoms in total. The Kier molecular flexibility index (Phi) is 6.99. The van der Waals surface area contributed by atoms with Crippen LogP contribution in [0.1, 0.15) is 52.4 Å². The first kappa shape index (κ1) is 17.0. The zero-order valence-corrected chi connectivity index (χ0v) is 12.7. The third-order valence-corrected chi connectivity index (χ3v) is 4.23. The monoisotopic (exact) mass is 284 g/mol. The Bertz CT molecular complexity index is 320. The van der Waals surface area contributed by atoms with Crippen LogP contribution >= 0.6 is 0 Å². The lowest BCUT2D eigenvalue weighted by Crippen LogP contribution is -2.48. The predicted octanol–water partition coefficient (Wildman–Crippen LogP) is 1.77. The van der Waals surface area contributed by atoms with E-state index < -0.39 is 5.97 Å². The summed E-state index contributed by atoms with van der Waals surface area (Å²) in [5.74, 6) is -0.414. The molecule has 1 atom stereocenters. The molecule has 5 heteroatoms. The summed E-state index contributed by atoms with van der Waals surface area (Å²) >= 11 is 0. The first-order chi connectivity index (χ1) is 9.50. The summed E-state index contributed by atoms with van der Waals surface area (Å²) < 4.78 is 0. The second-order valence-electron chi connectivity index (χ2n) is 6.03. The molecule has 1 fully saturated rings. The Balaban J connectivity index is 2.44. The molecule has 1 saturated heterocycles. The molecule has 0 aromatic heterocycles. The normalized spacial score (nSPS) is 19.3. The molecule has 1 amide bonds. The van der Waals surface area contributed by atoms with Crippen molar-refractivity contribution in [2.75, 3.05) is 19.6 Å². The van der Waals surface area contributed by atoms with E-state index >= 15 is 0 Å². The predicted molar refractivity (Wildman–Crippen MR) is 78.5 cm³/mol. The smallest absolute Gasteiger partial charge is 0.303 e. The lowest BCUT2D eigenvalue weighted by molar-refractivity contribution is -0.137. The molecule has 1 unspecified atom stereocenters. The van der Waals surface area contributed by atoms with Crippen LogP contribution in [0.4, 0.5) is 0 Å². The summed E-state index contributed by atoms with van der Waals surface area (Å²) in [5.41, 5.74) is -0.216. The molecular weight excluding hydrogens is 256 g/mol. The van der Waals surface area contributed by atoms with Crippen LogP contribution in [0.5, 0.6) is 0 Å². The van der Waals surface area contributed by atoms with Gasteiger partial charge in [-0.1, -0.05) is 20.3 Å². The van der Waals surface area contributed by atoms with Crippen LogP contribution in [0.3, 0.4) is 0 Å². The fraction of sp³-hybridized carbons (Fsp3) is 0.867. The van der Waals surface area contributed by atoms with E-state index in [4.69, 9.17) is 5.11 Å². The van der Waals surface area contributed by atoms with Crippen molar-refractivity contribution >= 4 is 11.9 Å². The summed E-state index contributed by atoms with van der Waals surface area (Å²) in [6.07, 6.45) is 4.53. The van der Waals surface area contributed by atoms with Gasteiger partial charge < -0.3 is 15.7 Å². The van der Waals surface area contributed by atoms with Gasteiger partial charge in [-0.15, -0.1) is 0 Å². The van der Waals surface area contributed by atoms with Crippen molar-refractivity contribution in [2.45, 2.75) is 52.4 Å². The average molecular weight is 284 g/mol. The van der Waals surface area contributed by atoms with Crippen molar-refractivity contribution in [3.63, 3.8) is 0 Å². The van der Waals surface area contributed by atoms with Crippen molar-refractivity contribution in [3.05, 3.63) is 0 Å². The molecule has 0 bridgehead atoms. The van der Waals surface area contributed by atoms with Crippen LogP contribution in [-0.2, 0) is 9.59 Å². The maximum Gasteiger partial charge on any atom is 0.303 e. The van der Waals surface area contributed by atoms with Gasteiger partial charge in [-0.3, -0.25) is 9.59 Å². The molecule has 0 saturated carbocycles. The van der Waals surface area contributed by atoms with Crippen molar-refractivity contribution in [3.8, 4) is 0 Å². The van der Waals surface area contributed by atoms with Crippen LogP contribution in [0.25, 0.3) is 0 Å². The highest BCUT2D eigenvalue weighted by Crippen LogP contribution is 2.34. The molecule has 20 heavy (non-hydrogen) atoms. The number of hydrogen-bond donors (Lipinski definition) is 3. The summed E-state index contributed by atoms with van der Waals surface area (Å²) in [6, 6.07) is 0. The lowest BCUT2D eigenvalue weighted by Gasteiger charge is -2.36. The van der Waals surface area contributed by atoms with E-state index in [1.807, 2.05) is 6.92 Å². The number of carbonyl (C=O) groups is 2. The van der Waals surface area contributed by atoms with E-state index in [-0.39, 0.29) is 23.7 Å². The standard InChI is InChI=1S/C15H28N2O3/c1-3-6-15(7-9-16-10-8-15)14(20)17-11-12(2)4-5-13(18)19/h12,16H,3-11H2,1-2H3,(H,17,20)(H,18,19). The highest BCUT2D eigenvalue weighted by molar-refractivity contribution is 5.82. The number of carboxylic acid groups (broad SMARTS) is 1. The first-order valence-corrected chi connectivity index (χ1v) is 7.71. The number of amides is 1. The molecule has 3 N–H and O–H groups in total. The third kappa shape index (κ3) is 5.12. The van der Waals surface area contributed by atoms with Gasteiger partial charge in [-0.25, -0.2) is 0 Å². The highest BCUT2D eigenvalue weighted by Gasteiger charge is 2.38. The second-order valence-corrected chi connectivity index (χ2v) is 6.03. The van der Waals surface area contributed by atoms with Gasteiger partial charge in [-0.05, 0) is 44.7 Å². The van der Waals surface area contributed by atoms with Crippen molar-refractivity contribution in [2.24, 2.45) is 11.3 Å². The topological polar surface area (TPSA) is 78.4 Å². The molecule has 1 heterocycles. The number of aliphatic carboxylic acids is 1. The molecule has 1 aliphatic heterocycles. The van der Waals surface area contributed by atoms with Gasteiger partial charge in [0, 0.05) is 13.0 Å². The van der Waals surface area contributed by atoms with Gasteiger partial charge in [0.1, 0.15) is 0 Å². The van der Waals surface area contributed by atoms with E-state index in [0.717, 1.165) is 38.8 Å². The number of carbonyl (C=O) groups excluding carboxylic acids is 1. The minimum absolute atomic E-state index is 0.156. The number of nitrogens with one attached hydrogen (secondary N) is 2. The Morgan fingerprint density at radius 1 is 1.35 bits per heavy atom. The summed E-state index contributed by atoms with van der Waals surface area (Å²) in [5, 5.41) is 15.0. The van der Waals surface area contributed by atoms with Gasteiger partial charge in [-0.2, -0.15) is 0 Å². The SMILES string of the molecule is CCCC1(C(=O)NCC(C)CCC(=O)O)CCNCC1. The Hall–Kier alpha value is -1.10. The lowest BCUT2D eigenvalue weighted by atomic mass is 9.74. The Morgan fingerprint density at radius 2 is 2.00 bits per heavy atom. The van der Waals surface area contributed by atoms with Gasteiger partial charge in [0.05, 0.1) is 5.41 Å². The van der Waals surface area contributed by atoms with Gasteiger partial charge in [0.25, 0.3) is 0 Å². The van der Waals surface area contributed by atoms with E-state index in [0.29, 0.717) is 13.0 Å². The molecule has 1 aliphatic rings. The summed E-state index contributed by atoms with van der Waals surface area (Å²) in [6.45, 7) is 6.49. The Morgan fingerprint density at radius 3 is 2.55 bits per heavy atom. The number of carboxylic acids is 1.